The summed E-state index contributed by atoms with van der Waals surface area (Å²) in [6.45, 7) is 8.34. The maximum Gasteiger partial charge on any atom is 0.319 e. The number of nitrogens with zero attached hydrogens (tertiary/aromatic N) is 4. The molecular weight excluding hydrogens is 604 g/mol. The molecule has 0 spiro atoms. The summed E-state index contributed by atoms with van der Waals surface area (Å²) in [4.78, 5) is 13.7. The van der Waals surface area contributed by atoms with E-state index in [2.05, 4.69) is 33.5 Å². The van der Waals surface area contributed by atoms with Crippen LogP contribution < -0.4 is 9.64 Å². The quantitative estimate of drug-likeness (QED) is 0.163. The molecule has 2 bridgehead atoms. The van der Waals surface area contributed by atoms with Crippen molar-refractivity contribution in [2.75, 3.05) is 37.7 Å². The molecule has 1 aliphatic carbocycles. The van der Waals surface area contributed by atoms with Gasteiger partial charge in [0.15, 0.2) is 5.82 Å². The SMILES string of the molecule is CC#Cc1cccc2c(F)c(C)cc(-c3c(F)cc4c(N5C[C@H]6CC[C@@](C)(C6)C5)nc(OCC56CCCN5C[C@H](F)C6)nc4c3F)c12. The number of rotatable bonds is 5. The number of fused-ring (bicyclic) bond motifs is 5. The smallest absolute Gasteiger partial charge is 0.319 e. The fourth-order valence-corrected chi connectivity index (χ4v) is 9.14. The summed E-state index contributed by atoms with van der Waals surface area (Å²) < 4.78 is 69.7. The third-order valence-electron chi connectivity index (χ3n) is 11.2. The van der Waals surface area contributed by atoms with Gasteiger partial charge in [0, 0.05) is 47.8 Å². The van der Waals surface area contributed by atoms with Gasteiger partial charge >= 0.3 is 6.01 Å². The van der Waals surface area contributed by atoms with Crippen molar-refractivity contribution < 1.29 is 22.3 Å². The van der Waals surface area contributed by atoms with Crippen molar-refractivity contribution in [2.24, 2.45) is 11.3 Å². The van der Waals surface area contributed by atoms with Crippen molar-refractivity contribution in [3.63, 3.8) is 0 Å². The summed E-state index contributed by atoms with van der Waals surface area (Å²) in [5.41, 5.74) is 0.237. The van der Waals surface area contributed by atoms with Gasteiger partial charge in [0.05, 0.1) is 11.1 Å². The average molecular weight is 643 g/mol. The molecule has 8 rings (SSSR count). The van der Waals surface area contributed by atoms with Crippen molar-refractivity contribution in [1.82, 2.24) is 14.9 Å². The molecule has 4 aliphatic rings. The number of ether oxygens (including phenoxy) is 1. The third kappa shape index (κ3) is 4.94. The second kappa shape index (κ2) is 11.1. The number of aromatic nitrogens is 2. The summed E-state index contributed by atoms with van der Waals surface area (Å²) in [6, 6.07) is 7.81. The van der Waals surface area contributed by atoms with Crippen LogP contribution in [0.15, 0.2) is 30.3 Å². The van der Waals surface area contributed by atoms with Crippen LogP contribution in [0.4, 0.5) is 23.4 Å². The van der Waals surface area contributed by atoms with E-state index in [1.54, 1.807) is 32.0 Å². The zero-order valence-electron chi connectivity index (χ0n) is 27.0. The van der Waals surface area contributed by atoms with Gasteiger partial charge < -0.3 is 9.64 Å². The molecule has 3 saturated heterocycles. The van der Waals surface area contributed by atoms with E-state index in [0.717, 1.165) is 45.2 Å². The van der Waals surface area contributed by atoms with Crippen molar-refractivity contribution in [3.05, 3.63) is 58.9 Å². The highest BCUT2D eigenvalue weighted by atomic mass is 19.1. The Morgan fingerprint density at radius 2 is 1.89 bits per heavy atom. The normalized spacial score (nSPS) is 27.0. The Morgan fingerprint density at radius 1 is 1.04 bits per heavy atom. The number of aryl methyl sites for hydroxylation is 1. The number of piperidine rings is 1. The largest absolute Gasteiger partial charge is 0.461 e. The van der Waals surface area contributed by atoms with E-state index >= 15 is 13.2 Å². The van der Waals surface area contributed by atoms with E-state index in [1.807, 2.05) is 0 Å². The molecule has 3 aromatic carbocycles. The molecule has 5 nitrogen and oxygen atoms in total. The molecule has 4 fully saturated rings. The van der Waals surface area contributed by atoms with Crippen LogP contribution in [-0.2, 0) is 0 Å². The molecular formula is C38H38F4N4O. The van der Waals surface area contributed by atoms with Crippen LogP contribution in [0.5, 0.6) is 6.01 Å². The highest BCUT2D eigenvalue weighted by Crippen LogP contribution is 2.48. The minimum absolute atomic E-state index is 0.00625. The molecule has 1 unspecified atom stereocenters. The number of alkyl halides is 1. The standard InChI is InChI=1S/C38H38F4N4O/c1-4-7-24-8-5-9-26-30(24)27(14-22(2)32(26)41)31-29(40)15-28-34(33(31)42)43-36(47-21-38-11-6-13-46(38)19-25(39)17-38)44-35(28)45-18-23-10-12-37(3,16-23)20-45/h5,8-9,14-15,23,25H,6,10-13,16-21H2,1-3H3/t23-,25+,37-,38?/m0/s1. The molecule has 1 saturated carbocycles. The Labute approximate surface area is 272 Å². The van der Waals surface area contributed by atoms with Crippen molar-refractivity contribution in [3.8, 4) is 29.0 Å². The van der Waals surface area contributed by atoms with E-state index < -0.39 is 29.2 Å². The first kappa shape index (κ1) is 30.4. The number of benzene rings is 3. The summed E-state index contributed by atoms with van der Waals surface area (Å²) in [5.74, 6) is 4.63. The van der Waals surface area contributed by atoms with E-state index in [1.165, 1.54) is 12.1 Å². The molecule has 3 aliphatic heterocycles. The van der Waals surface area contributed by atoms with Gasteiger partial charge in [-0.05, 0) is 93.2 Å². The molecule has 1 aromatic heterocycles. The van der Waals surface area contributed by atoms with Gasteiger partial charge in [0.25, 0.3) is 0 Å². The zero-order valence-corrected chi connectivity index (χ0v) is 27.0. The predicted octanol–water partition coefficient (Wildman–Crippen LogP) is 8.13. The summed E-state index contributed by atoms with van der Waals surface area (Å²) in [5, 5.41) is 0.852. The summed E-state index contributed by atoms with van der Waals surface area (Å²) in [6.07, 6.45) is 4.54. The molecule has 0 N–H and O–H groups in total. The lowest BCUT2D eigenvalue weighted by Gasteiger charge is -2.39. The van der Waals surface area contributed by atoms with Crippen LogP contribution in [0, 0.1) is 47.5 Å². The lowest BCUT2D eigenvalue weighted by atomic mass is 9.84. The first-order chi connectivity index (χ1) is 22.6. The van der Waals surface area contributed by atoms with Crippen LogP contribution in [0.25, 0.3) is 32.8 Å². The van der Waals surface area contributed by atoms with Gasteiger partial charge in [0.1, 0.15) is 35.7 Å². The van der Waals surface area contributed by atoms with Crippen LogP contribution in [0.3, 0.4) is 0 Å². The minimum Gasteiger partial charge on any atom is -0.461 e. The maximum absolute atomic E-state index is 17.1. The first-order valence-corrected chi connectivity index (χ1v) is 16.7. The molecule has 0 radical (unpaired) electrons. The highest BCUT2D eigenvalue weighted by Gasteiger charge is 2.49. The lowest BCUT2D eigenvalue weighted by molar-refractivity contribution is 0.107. The fraction of sp³-hybridized carbons (Fsp3) is 0.474. The lowest BCUT2D eigenvalue weighted by Crippen LogP contribution is -2.44. The number of anilines is 1. The average Bonchev–Trinajstić information content (AvgIpc) is 3.66. The van der Waals surface area contributed by atoms with Gasteiger partial charge in [-0.15, -0.1) is 5.92 Å². The van der Waals surface area contributed by atoms with Crippen molar-refractivity contribution in [1.29, 1.82) is 0 Å². The molecule has 244 valence electrons. The van der Waals surface area contributed by atoms with Gasteiger partial charge in [-0.2, -0.15) is 9.97 Å². The Bertz CT molecular complexity index is 2010. The van der Waals surface area contributed by atoms with E-state index in [4.69, 9.17) is 9.72 Å². The van der Waals surface area contributed by atoms with E-state index in [0.29, 0.717) is 42.2 Å². The molecule has 9 heteroatoms. The zero-order chi connectivity index (χ0) is 32.7. The summed E-state index contributed by atoms with van der Waals surface area (Å²) in [7, 11) is 0. The molecule has 0 amide bonds. The number of hydrogen-bond acceptors (Lipinski definition) is 5. The van der Waals surface area contributed by atoms with Crippen molar-refractivity contribution >= 4 is 27.5 Å². The van der Waals surface area contributed by atoms with Crippen LogP contribution in [0.1, 0.15) is 63.5 Å². The number of hydrogen-bond donors (Lipinski definition) is 0. The maximum atomic E-state index is 17.1. The topological polar surface area (TPSA) is 41.5 Å². The molecule has 4 heterocycles. The second-order valence-corrected chi connectivity index (χ2v) is 14.6. The Morgan fingerprint density at radius 3 is 2.70 bits per heavy atom. The van der Waals surface area contributed by atoms with Crippen LogP contribution in [-0.4, -0.2) is 59.4 Å². The minimum atomic E-state index is -0.921. The van der Waals surface area contributed by atoms with Gasteiger partial charge in [0.2, 0.25) is 0 Å². The van der Waals surface area contributed by atoms with E-state index in [-0.39, 0.29) is 51.0 Å². The Balaban J connectivity index is 1.32. The number of halogens is 4. The van der Waals surface area contributed by atoms with Crippen molar-refractivity contribution in [2.45, 2.75) is 71.0 Å². The Kier molecular flexibility index (Phi) is 7.18. The van der Waals surface area contributed by atoms with Gasteiger partial charge in [-0.3, -0.25) is 4.90 Å². The monoisotopic (exact) mass is 642 g/mol. The van der Waals surface area contributed by atoms with Gasteiger partial charge in [-0.1, -0.05) is 25.0 Å². The summed E-state index contributed by atoms with van der Waals surface area (Å²) >= 11 is 0. The molecule has 4 atom stereocenters. The third-order valence-corrected chi connectivity index (χ3v) is 11.2. The fourth-order valence-electron chi connectivity index (χ4n) is 9.14. The van der Waals surface area contributed by atoms with Crippen LogP contribution in [0.2, 0.25) is 0 Å². The second-order valence-electron chi connectivity index (χ2n) is 14.6. The molecule has 4 aromatic rings. The van der Waals surface area contributed by atoms with E-state index in [9.17, 15) is 4.39 Å². The highest BCUT2D eigenvalue weighted by molar-refractivity contribution is 6.04. The van der Waals surface area contributed by atoms with Gasteiger partial charge in [-0.25, -0.2) is 17.6 Å². The first-order valence-electron chi connectivity index (χ1n) is 16.7. The molecule has 47 heavy (non-hydrogen) atoms. The predicted molar refractivity (Wildman–Crippen MR) is 176 cm³/mol. The van der Waals surface area contributed by atoms with Crippen LogP contribution >= 0.6 is 0 Å². The Hall–Kier alpha value is -3.90.